The lowest BCUT2D eigenvalue weighted by Gasteiger charge is -2.19. The number of hydrogen-bond acceptors (Lipinski definition) is 3. The Kier molecular flexibility index (Phi) is 5.97. The molecule has 4 nitrogen and oxygen atoms in total. The highest BCUT2D eigenvalue weighted by molar-refractivity contribution is 5.98. The van der Waals surface area contributed by atoms with Crippen LogP contribution in [0.25, 0.3) is 0 Å². The molecule has 0 saturated carbocycles. The van der Waals surface area contributed by atoms with Gasteiger partial charge in [0.25, 0.3) is 0 Å². The van der Waals surface area contributed by atoms with Crippen molar-refractivity contribution in [1.82, 2.24) is 5.32 Å². The van der Waals surface area contributed by atoms with Crippen LogP contribution >= 0.6 is 0 Å². The van der Waals surface area contributed by atoms with Crippen molar-refractivity contribution < 1.29 is 14.3 Å². The Labute approximate surface area is 148 Å². The van der Waals surface area contributed by atoms with E-state index >= 15 is 0 Å². The maximum Gasteiger partial charge on any atom is 0.408 e. The van der Waals surface area contributed by atoms with Crippen LogP contribution in [-0.2, 0) is 4.74 Å². The zero-order chi connectivity index (χ0) is 18.3. The monoisotopic (exact) mass is 335 g/mol. The molecule has 0 unspecified atom stereocenters. The molecule has 2 rings (SSSR count). The molecule has 0 bridgehead atoms. The second kappa shape index (κ2) is 8.16. The SMILES string of the molecule is CC(C)(C)OC(=O)NCC(=O)c1ccc(C#Cc2ccccc2)cc1. The summed E-state index contributed by atoms with van der Waals surface area (Å²) in [7, 11) is 0. The van der Waals surface area contributed by atoms with Crippen LogP contribution in [0.5, 0.6) is 0 Å². The second-order valence-electron chi connectivity index (χ2n) is 6.47. The molecule has 0 spiro atoms. The van der Waals surface area contributed by atoms with Crippen molar-refractivity contribution in [2.45, 2.75) is 26.4 Å². The average molecular weight is 335 g/mol. The van der Waals surface area contributed by atoms with Gasteiger partial charge in [0.2, 0.25) is 0 Å². The molecule has 0 aliphatic heterocycles. The number of alkyl carbamates (subject to hydrolysis) is 1. The lowest BCUT2D eigenvalue weighted by atomic mass is 10.1. The summed E-state index contributed by atoms with van der Waals surface area (Å²) < 4.78 is 5.10. The number of Topliss-reactive ketones (excluding diaryl/α,β-unsaturated/α-hetero) is 1. The minimum atomic E-state index is -0.605. The van der Waals surface area contributed by atoms with E-state index in [9.17, 15) is 9.59 Å². The van der Waals surface area contributed by atoms with Crippen LogP contribution in [-0.4, -0.2) is 24.0 Å². The molecule has 128 valence electrons. The predicted molar refractivity (Wildman–Crippen MR) is 97.4 cm³/mol. The largest absolute Gasteiger partial charge is 0.444 e. The van der Waals surface area contributed by atoms with E-state index < -0.39 is 11.7 Å². The molecule has 2 aromatic rings. The van der Waals surface area contributed by atoms with Crippen LogP contribution in [0.4, 0.5) is 4.79 Å². The van der Waals surface area contributed by atoms with Crippen LogP contribution in [0, 0.1) is 11.8 Å². The fraction of sp³-hybridized carbons (Fsp3) is 0.238. The Bertz CT molecular complexity index is 791. The Morgan fingerprint density at radius 2 is 1.48 bits per heavy atom. The molecule has 0 radical (unpaired) electrons. The van der Waals surface area contributed by atoms with Crippen molar-refractivity contribution in [3.63, 3.8) is 0 Å². The quantitative estimate of drug-likeness (QED) is 0.686. The second-order valence-corrected chi connectivity index (χ2v) is 6.47. The van der Waals surface area contributed by atoms with Crippen LogP contribution in [0.15, 0.2) is 54.6 Å². The highest BCUT2D eigenvalue weighted by Crippen LogP contribution is 2.07. The predicted octanol–water partition coefficient (Wildman–Crippen LogP) is 3.79. The fourth-order valence-corrected chi connectivity index (χ4v) is 1.97. The number of carbonyl (C=O) groups excluding carboxylic acids is 2. The Morgan fingerprint density at radius 1 is 0.920 bits per heavy atom. The van der Waals surface area contributed by atoms with E-state index in [0.29, 0.717) is 5.56 Å². The molecule has 25 heavy (non-hydrogen) atoms. The Morgan fingerprint density at radius 3 is 2.04 bits per heavy atom. The van der Waals surface area contributed by atoms with Crippen LogP contribution < -0.4 is 5.32 Å². The van der Waals surface area contributed by atoms with Gasteiger partial charge < -0.3 is 10.1 Å². The lowest BCUT2D eigenvalue weighted by molar-refractivity contribution is 0.0520. The molecule has 0 aromatic heterocycles. The van der Waals surface area contributed by atoms with E-state index in [4.69, 9.17) is 4.74 Å². The molecule has 0 aliphatic carbocycles. The number of ether oxygens (including phenoxy) is 1. The molecule has 2 aromatic carbocycles. The third-order valence-electron chi connectivity index (χ3n) is 3.12. The van der Waals surface area contributed by atoms with Gasteiger partial charge in [-0.05, 0) is 45.0 Å². The van der Waals surface area contributed by atoms with E-state index in [1.165, 1.54) is 0 Å². The van der Waals surface area contributed by atoms with Crippen molar-refractivity contribution in [3.8, 4) is 11.8 Å². The van der Waals surface area contributed by atoms with Crippen molar-refractivity contribution in [3.05, 3.63) is 71.3 Å². The number of ketones is 1. The zero-order valence-corrected chi connectivity index (χ0v) is 14.6. The summed E-state index contributed by atoms with van der Waals surface area (Å²) in [5, 5.41) is 2.46. The van der Waals surface area contributed by atoms with E-state index in [1.54, 1.807) is 45.0 Å². The minimum Gasteiger partial charge on any atom is -0.444 e. The summed E-state index contributed by atoms with van der Waals surface area (Å²) in [6.07, 6.45) is -0.605. The van der Waals surface area contributed by atoms with Gasteiger partial charge in [0, 0.05) is 16.7 Å². The van der Waals surface area contributed by atoms with Gasteiger partial charge in [-0.2, -0.15) is 0 Å². The Balaban J connectivity index is 1.92. The van der Waals surface area contributed by atoms with E-state index in [0.717, 1.165) is 11.1 Å². The number of rotatable bonds is 3. The first kappa shape index (κ1) is 18.3. The number of hydrogen-bond donors (Lipinski definition) is 1. The number of carbonyl (C=O) groups is 2. The third kappa shape index (κ3) is 6.52. The fourth-order valence-electron chi connectivity index (χ4n) is 1.97. The van der Waals surface area contributed by atoms with Crippen molar-refractivity contribution in [2.24, 2.45) is 0 Å². The summed E-state index contributed by atoms with van der Waals surface area (Å²) in [4.78, 5) is 23.7. The number of nitrogens with one attached hydrogen (secondary N) is 1. The van der Waals surface area contributed by atoms with Gasteiger partial charge >= 0.3 is 6.09 Å². The summed E-state index contributed by atoms with van der Waals surface area (Å²) in [6, 6.07) is 16.7. The maximum absolute atomic E-state index is 12.1. The van der Waals surface area contributed by atoms with Gasteiger partial charge in [-0.25, -0.2) is 4.79 Å². The summed E-state index contributed by atoms with van der Waals surface area (Å²) >= 11 is 0. The molecule has 0 atom stereocenters. The van der Waals surface area contributed by atoms with Crippen molar-refractivity contribution in [2.75, 3.05) is 6.54 Å². The lowest BCUT2D eigenvalue weighted by Crippen LogP contribution is -2.35. The molecular weight excluding hydrogens is 314 g/mol. The highest BCUT2D eigenvalue weighted by Gasteiger charge is 2.16. The van der Waals surface area contributed by atoms with Crippen LogP contribution in [0.1, 0.15) is 42.3 Å². The molecular formula is C21H21NO3. The molecule has 0 heterocycles. The third-order valence-corrected chi connectivity index (χ3v) is 3.12. The first-order chi connectivity index (χ1) is 11.8. The van der Waals surface area contributed by atoms with Crippen LogP contribution in [0.3, 0.4) is 0 Å². The van der Waals surface area contributed by atoms with Gasteiger partial charge in [-0.3, -0.25) is 4.79 Å². The highest BCUT2D eigenvalue weighted by atomic mass is 16.6. The first-order valence-electron chi connectivity index (χ1n) is 8.01. The van der Waals surface area contributed by atoms with Gasteiger partial charge in [0.1, 0.15) is 5.60 Å². The van der Waals surface area contributed by atoms with Gasteiger partial charge in [-0.15, -0.1) is 0 Å². The van der Waals surface area contributed by atoms with Gasteiger partial charge in [0.05, 0.1) is 6.54 Å². The smallest absolute Gasteiger partial charge is 0.408 e. The minimum absolute atomic E-state index is 0.107. The van der Waals surface area contributed by atoms with E-state index in [1.807, 2.05) is 30.3 Å². The summed E-state index contributed by atoms with van der Waals surface area (Å²) in [6.45, 7) is 5.20. The number of benzene rings is 2. The van der Waals surface area contributed by atoms with Crippen molar-refractivity contribution in [1.29, 1.82) is 0 Å². The first-order valence-corrected chi connectivity index (χ1v) is 8.01. The topological polar surface area (TPSA) is 55.4 Å². The molecule has 0 aliphatic rings. The molecule has 0 saturated heterocycles. The standard InChI is InChI=1S/C21H21NO3/c1-21(2,3)25-20(24)22-15-19(23)18-13-11-17(12-14-18)10-9-16-7-5-4-6-8-16/h4-8,11-14H,15H2,1-3H3,(H,22,24). The average Bonchev–Trinajstić information content (AvgIpc) is 2.58. The zero-order valence-electron chi connectivity index (χ0n) is 14.6. The Hall–Kier alpha value is -3.06. The van der Waals surface area contributed by atoms with Gasteiger partial charge in [0.15, 0.2) is 5.78 Å². The normalized spacial score (nSPS) is 10.4. The maximum atomic E-state index is 12.1. The number of amides is 1. The van der Waals surface area contributed by atoms with E-state index in [2.05, 4.69) is 17.2 Å². The summed E-state index contributed by atoms with van der Waals surface area (Å²) in [5.41, 5.74) is 1.68. The molecule has 1 amide bonds. The van der Waals surface area contributed by atoms with Crippen LogP contribution in [0.2, 0.25) is 0 Å². The molecule has 0 fully saturated rings. The molecule has 1 N–H and O–H groups in total. The summed E-state index contributed by atoms with van der Waals surface area (Å²) in [5.74, 6) is 5.93. The van der Waals surface area contributed by atoms with Crippen molar-refractivity contribution >= 4 is 11.9 Å². The molecule has 4 heteroatoms. The van der Waals surface area contributed by atoms with E-state index in [-0.39, 0.29) is 12.3 Å². The van der Waals surface area contributed by atoms with Gasteiger partial charge in [-0.1, -0.05) is 42.2 Å².